The summed E-state index contributed by atoms with van der Waals surface area (Å²) in [4.78, 5) is 16.3. The molecule has 3 aromatic rings. The van der Waals surface area contributed by atoms with Crippen LogP contribution in [0, 0.1) is 17.5 Å². The third kappa shape index (κ3) is 4.11. The number of anilines is 1. The molecule has 29 heavy (non-hydrogen) atoms. The summed E-state index contributed by atoms with van der Waals surface area (Å²) in [5.74, 6) is -1.88. The monoisotopic (exact) mass is 400 g/mol. The zero-order chi connectivity index (χ0) is 20.4. The Morgan fingerprint density at radius 2 is 1.69 bits per heavy atom. The van der Waals surface area contributed by atoms with Gasteiger partial charge in [0, 0.05) is 37.8 Å². The number of aromatic amines is 1. The first-order chi connectivity index (χ1) is 14.0. The van der Waals surface area contributed by atoms with E-state index in [0.29, 0.717) is 32.6 Å². The number of amides is 1. The molecule has 1 aliphatic heterocycles. The van der Waals surface area contributed by atoms with Crippen LogP contribution in [0.2, 0.25) is 0 Å². The lowest BCUT2D eigenvalue weighted by Crippen LogP contribution is -2.35. The number of rotatable bonds is 3. The van der Waals surface area contributed by atoms with E-state index in [4.69, 9.17) is 0 Å². The molecule has 0 aliphatic carbocycles. The van der Waals surface area contributed by atoms with Gasteiger partial charge in [-0.25, -0.2) is 13.2 Å². The molecule has 2 aromatic carbocycles. The number of hydrogen-bond donors (Lipinski definition) is 1. The van der Waals surface area contributed by atoms with Gasteiger partial charge >= 0.3 is 0 Å². The molecule has 0 unspecified atom stereocenters. The van der Waals surface area contributed by atoms with E-state index in [1.165, 1.54) is 18.2 Å². The average Bonchev–Trinajstić information content (AvgIpc) is 3.08. The summed E-state index contributed by atoms with van der Waals surface area (Å²) in [6.45, 7) is 2.22. The van der Waals surface area contributed by atoms with Gasteiger partial charge in [0.25, 0.3) is 5.91 Å². The lowest BCUT2D eigenvalue weighted by Gasteiger charge is -2.22. The summed E-state index contributed by atoms with van der Waals surface area (Å²) in [6.07, 6.45) is 0.716. The van der Waals surface area contributed by atoms with E-state index < -0.39 is 11.6 Å². The van der Waals surface area contributed by atoms with E-state index in [0.717, 1.165) is 29.2 Å². The van der Waals surface area contributed by atoms with Crippen molar-refractivity contribution in [1.29, 1.82) is 0 Å². The van der Waals surface area contributed by atoms with Crippen LogP contribution in [0.5, 0.6) is 0 Å². The second kappa shape index (κ2) is 7.98. The van der Waals surface area contributed by atoms with Gasteiger partial charge in [0.15, 0.2) is 17.5 Å². The highest BCUT2D eigenvalue weighted by Gasteiger charge is 2.22. The largest absolute Gasteiger partial charge is 0.353 e. The number of hydrogen-bond acceptors (Lipinski definition) is 3. The van der Waals surface area contributed by atoms with E-state index in [2.05, 4.69) is 15.1 Å². The molecule has 4 rings (SSSR count). The maximum absolute atomic E-state index is 13.4. The van der Waals surface area contributed by atoms with Gasteiger partial charge in [0.1, 0.15) is 5.82 Å². The minimum absolute atomic E-state index is 0.135. The Kier molecular flexibility index (Phi) is 5.24. The van der Waals surface area contributed by atoms with Crippen LogP contribution in [-0.4, -0.2) is 47.2 Å². The van der Waals surface area contributed by atoms with Crippen molar-refractivity contribution in [2.24, 2.45) is 0 Å². The molecule has 1 amide bonds. The van der Waals surface area contributed by atoms with Gasteiger partial charge in [-0.2, -0.15) is 5.10 Å². The lowest BCUT2D eigenvalue weighted by molar-refractivity contribution is 0.0766. The van der Waals surface area contributed by atoms with Gasteiger partial charge in [0.05, 0.1) is 5.69 Å². The van der Waals surface area contributed by atoms with Crippen molar-refractivity contribution in [3.05, 3.63) is 71.5 Å². The molecule has 0 saturated carbocycles. The average molecular weight is 400 g/mol. The predicted octanol–water partition coefficient (Wildman–Crippen LogP) is 3.85. The molecule has 1 fully saturated rings. The standard InChI is InChI=1S/C21H19F3N4O/c22-16-5-2-14(3-6-16)19-13-20(26-25-19)27-8-1-9-28(11-10-27)21(29)15-4-7-17(23)18(24)12-15/h2-7,12-13H,1,8-11H2,(H,25,26). The molecule has 1 saturated heterocycles. The number of aromatic nitrogens is 2. The number of carbonyl (C=O) groups excluding carboxylic acids is 1. The van der Waals surface area contributed by atoms with Gasteiger partial charge < -0.3 is 9.80 Å². The summed E-state index contributed by atoms with van der Waals surface area (Å²) in [5.41, 5.74) is 1.74. The van der Waals surface area contributed by atoms with Gasteiger partial charge in [-0.1, -0.05) is 0 Å². The van der Waals surface area contributed by atoms with E-state index in [1.807, 2.05) is 6.07 Å². The SMILES string of the molecule is O=C(c1ccc(F)c(F)c1)N1CCCN(c2cc(-c3ccc(F)cc3)[nH]n2)CC1. The van der Waals surface area contributed by atoms with Crippen LogP contribution >= 0.6 is 0 Å². The Bertz CT molecular complexity index is 1020. The van der Waals surface area contributed by atoms with Gasteiger partial charge in [-0.05, 0) is 54.4 Å². The van der Waals surface area contributed by atoms with Crippen LogP contribution in [0.25, 0.3) is 11.3 Å². The maximum atomic E-state index is 13.4. The molecule has 0 radical (unpaired) electrons. The zero-order valence-corrected chi connectivity index (χ0v) is 15.5. The van der Waals surface area contributed by atoms with Crippen molar-refractivity contribution in [1.82, 2.24) is 15.1 Å². The molecule has 8 heteroatoms. The van der Waals surface area contributed by atoms with Crippen molar-refractivity contribution in [3.8, 4) is 11.3 Å². The Morgan fingerprint density at radius 3 is 2.45 bits per heavy atom. The number of nitrogens with one attached hydrogen (secondary N) is 1. The summed E-state index contributed by atoms with van der Waals surface area (Å²) in [5, 5.41) is 7.30. The second-order valence-corrected chi connectivity index (χ2v) is 6.91. The van der Waals surface area contributed by atoms with Crippen molar-refractivity contribution in [2.45, 2.75) is 6.42 Å². The van der Waals surface area contributed by atoms with E-state index in [9.17, 15) is 18.0 Å². The maximum Gasteiger partial charge on any atom is 0.254 e. The van der Waals surface area contributed by atoms with Crippen LogP contribution in [0.4, 0.5) is 19.0 Å². The zero-order valence-electron chi connectivity index (χ0n) is 15.5. The number of H-pyrrole nitrogens is 1. The van der Waals surface area contributed by atoms with Crippen LogP contribution in [0.3, 0.4) is 0 Å². The van der Waals surface area contributed by atoms with Crippen LogP contribution in [0.1, 0.15) is 16.8 Å². The molecule has 5 nitrogen and oxygen atoms in total. The smallest absolute Gasteiger partial charge is 0.254 e. The molecule has 1 aromatic heterocycles. The van der Waals surface area contributed by atoms with Crippen LogP contribution < -0.4 is 4.90 Å². The Hall–Kier alpha value is -3.29. The van der Waals surface area contributed by atoms with Gasteiger partial charge in [-0.15, -0.1) is 0 Å². The summed E-state index contributed by atoms with van der Waals surface area (Å²) in [7, 11) is 0. The van der Waals surface area contributed by atoms with E-state index in [-0.39, 0.29) is 17.3 Å². The first-order valence-corrected chi connectivity index (χ1v) is 9.32. The predicted molar refractivity (Wildman–Crippen MR) is 103 cm³/mol. The van der Waals surface area contributed by atoms with Crippen LogP contribution in [0.15, 0.2) is 48.5 Å². The molecule has 1 aliphatic rings. The summed E-state index contributed by atoms with van der Waals surface area (Å²) < 4.78 is 39.7. The van der Waals surface area contributed by atoms with Crippen molar-refractivity contribution >= 4 is 11.7 Å². The lowest BCUT2D eigenvalue weighted by atomic mass is 10.1. The molecule has 0 spiro atoms. The fourth-order valence-electron chi connectivity index (χ4n) is 3.41. The van der Waals surface area contributed by atoms with Gasteiger partial charge in [0.2, 0.25) is 0 Å². The minimum atomic E-state index is -1.03. The molecule has 0 bridgehead atoms. The summed E-state index contributed by atoms with van der Waals surface area (Å²) >= 11 is 0. The number of nitrogens with zero attached hydrogens (tertiary/aromatic N) is 3. The molecular weight excluding hydrogens is 381 g/mol. The Morgan fingerprint density at radius 1 is 0.897 bits per heavy atom. The van der Waals surface area contributed by atoms with E-state index in [1.54, 1.807) is 17.0 Å². The highest BCUT2D eigenvalue weighted by atomic mass is 19.2. The highest BCUT2D eigenvalue weighted by molar-refractivity contribution is 5.94. The highest BCUT2D eigenvalue weighted by Crippen LogP contribution is 2.23. The Balaban J connectivity index is 1.44. The molecule has 0 atom stereocenters. The first-order valence-electron chi connectivity index (χ1n) is 9.32. The van der Waals surface area contributed by atoms with E-state index >= 15 is 0 Å². The number of halogens is 3. The fourth-order valence-corrected chi connectivity index (χ4v) is 3.41. The third-order valence-electron chi connectivity index (χ3n) is 4.99. The topological polar surface area (TPSA) is 52.2 Å². The molecular formula is C21H19F3N4O. The van der Waals surface area contributed by atoms with Crippen LogP contribution in [-0.2, 0) is 0 Å². The normalized spacial score (nSPS) is 14.7. The molecule has 150 valence electrons. The summed E-state index contributed by atoms with van der Waals surface area (Å²) in [6, 6.07) is 11.2. The number of carbonyl (C=O) groups is 1. The number of benzene rings is 2. The molecule has 2 heterocycles. The second-order valence-electron chi connectivity index (χ2n) is 6.91. The quantitative estimate of drug-likeness (QED) is 0.727. The third-order valence-corrected chi connectivity index (χ3v) is 4.99. The van der Waals surface area contributed by atoms with Gasteiger partial charge in [-0.3, -0.25) is 9.89 Å². The fraction of sp³-hybridized carbons (Fsp3) is 0.238. The minimum Gasteiger partial charge on any atom is -0.353 e. The molecule has 1 N–H and O–H groups in total. The first kappa shape index (κ1) is 19.0. The van der Waals surface area contributed by atoms with Crippen molar-refractivity contribution < 1.29 is 18.0 Å². The van der Waals surface area contributed by atoms with Crippen molar-refractivity contribution in [3.63, 3.8) is 0 Å². The Labute approximate surface area is 165 Å². The van der Waals surface area contributed by atoms with Crippen molar-refractivity contribution in [2.75, 3.05) is 31.1 Å².